The highest BCUT2D eigenvalue weighted by Gasteiger charge is 2.44. The number of hydrogen-bond acceptors (Lipinski definition) is 10. The van der Waals surface area contributed by atoms with Crippen LogP contribution in [0.25, 0.3) is 0 Å². The van der Waals surface area contributed by atoms with Crippen LogP contribution >= 0.6 is 0 Å². The number of aromatic nitrogens is 1. The highest BCUT2D eigenvalue weighted by atomic mass is 16.7. The normalized spacial score (nSPS) is 22.8. The molecule has 48 heavy (non-hydrogen) atoms. The number of carbonyl (C=O) groups excluding carboxylic acids is 1. The number of ether oxygens (including phenoxy) is 6. The van der Waals surface area contributed by atoms with E-state index in [1.807, 2.05) is 54.6 Å². The van der Waals surface area contributed by atoms with E-state index in [1.54, 1.807) is 6.20 Å². The first-order valence-corrected chi connectivity index (χ1v) is 17.2. The zero-order chi connectivity index (χ0) is 32.7. The predicted octanol–water partition coefficient (Wildman–Crippen LogP) is 4.84. The number of carbonyl (C=O) groups is 1. The number of amides is 1. The Morgan fingerprint density at radius 1 is 1.00 bits per heavy atom. The first kappa shape index (κ1) is 32.6. The van der Waals surface area contributed by atoms with Crippen molar-refractivity contribution >= 4 is 6.09 Å². The Hall–Kier alpha value is -3.90. The van der Waals surface area contributed by atoms with E-state index in [4.69, 9.17) is 28.4 Å². The molecule has 3 aromatic rings. The molecule has 5 unspecified atom stereocenters. The number of nitrogens with one attached hydrogen (secondary N) is 1. The lowest BCUT2D eigenvalue weighted by Crippen LogP contribution is -2.50. The van der Waals surface area contributed by atoms with Crippen LogP contribution in [-0.4, -0.2) is 78.7 Å². The second-order valence-electron chi connectivity index (χ2n) is 13.3. The van der Waals surface area contributed by atoms with Crippen LogP contribution in [0.3, 0.4) is 0 Å². The van der Waals surface area contributed by atoms with E-state index in [0.29, 0.717) is 45.2 Å². The average molecular weight is 660 g/mol. The number of rotatable bonds is 14. The maximum absolute atomic E-state index is 13.3. The highest BCUT2D eigenvalue weighted by molar-refractivity contribution is 5.68. The van der Waals surface area contributed by atoms with Crippen LogP contribution in [0.1, 0.15) is 48.9 Å². The van der Waals surface area contributed by atoms with E-state index >= 15 is 0 Å². The van der Waals surface area contributed by atoms with Crippen molar-refractivity contribution in [3.63, 3.8) is 0 Å². The van der Waals surface area contributed by atoms with Gasteiger partial charge in [0.1, 0.15) is 18.5 Å². The lowest BCUT2D eigenvalue weighted by atomic mass is 9.99. The zero-order valence-electron chi connectivity index (χ0n) is 27.2. The third-order valence-electron chi connectivity index (χ3n) is 9.78. The second-order valence-corrected chi connectivity index (χ2v) is 13.3. The molecule has 1 amide bonds. The molecule has 2 N–H and O–H groups in total. The Morgan fingerprint density at radius 2 is 1.83 bits per heavy atom. The van der Waals surface area contributed by atoms with Crippen LogP contribution in [0.4, 0.5) is 4.79 Å². The summed E-state index contributed by atoms with van der Waals surface area (Å²) in [5, 5.41) is 14.9. The van der Waals surface area contributed by atoms with Gasteiger partial charge in [0.2, 0.25) is 6.79 Å². The maximum atomic E-state index is 13.3. The van der Waals surface area contributed by atoms with Gasteiger partial charge in [-0.15, -0.1) is 0 Å². The SMILES string of the molecule is O=C(NC(Cc1ccc(OCc2ccccn2)cc1)C(O)CN(Cc1ccc2c(c1)OCO2)CC1CCCC1)OC1COC2OCCC12. The zero-order valence-corrected chi connectivity index (χ0v) is 27.2. The van der Waals surface area contributed by atoms with Gasteiger partial charge in [-0.2, -0.15) is 0 Å². The molecule has 2 saturated heterocycles. The number of hydrogen-bond donors (Lipinski definition) is 2. The van der Waals surface area contributed by atoms with Crippen molar-refractivity contribution in [3.8, 4) is 17.2 Å². The van der Waals surface area contributed by atoms with Crippen LogP contribution in [0.2, 0.25) is 0 Å². The Balaban J connectivity index is 1.04. The van der Waals surface area contributed by atoms with Gasteiger partial charge in [-0.25, -0.2) is 4.79 Å². The minimum absolute atomic E-state index is 0.0290. The summed E-state index contributed by atoms with van der Waals surface area (Å²) in [5.74, 6) is 2.82. The number of aliphatic hydroxyl groups excluding tert-OH is 1. The molecule has 3 aliphatic heterocycles. The van der Waals surface area contributed by atoms with E-state index < -0.39 is 18.2 Å². The molecular formula is C37H45N3O8. The highest BCUT2D eigenvalue weighted by Crippen LogP contribution is 2.34. The summed E-state index contributed by atoms with van der Waals surface area (Å²) in [7, 11) is 0. The van der Waals surface area contributed by atoms with E-state index in [1.165, 1.54) is 25.7 Å². The summed E-state index contributed by atoms with van der Waals surface area (Å²) in [6.07, 6.45) is 5.67. The van der Waals surface area contributed by atoms with Gasteiger partial charge >= 0.3 is 6.09 Å². The van der Waals surface area contributed by atoms with Crippen LogP contribution in [0, 0.1) is 11.8 Å². The van der Waals surface area contributed by atoms with Crippen molar-refractivity contribution < 1.29 is 38.3 Å². The first-order chi connectivity index (χ1) is 23.6. The van der Waals surface area contributed by atoms with Crippen molar-refractivity contribution in [1.29, 1.82) is 0 Å². The average Bonchev–Trinajstić information content (AvgIpc) is 3.92. The molecule has 0 spiro atoms. The van der Waals surface area contributed by atoms with Gasteiger partial charge in [-0.1, -0.05) is 37.1 Å². The summed E-state index contributed by atoms with van der Waals surface area (Å²) < 4.78 is 34.2. The van der Waals surface area contributed by atoms with Gasteiger partial charge in [0, 0.05) is 25.8 Å². The first-order valence-electron chi connectivity index (χ1n) is 17.2. The third kappa shape index (κ3) is 8.38. The molecule has 4 heterocycles. The fraction of sp³-hybridized carbons (Fsp3) is 0.514. The molecular weight excluding hydrogens is 614 g/mol. The van der Waals surface area contributed by atoms with Crippen molar-refractivity contribution in [1.82, 2.24) is 15.2 Å². The minimum atomic E-state index is -0.865. The van der Waals surface area contributed by atoms with E-state index in [-0.39, 0.29) is 25.1 Å². The molecule has 7 rings (SSSR count). The standard InChI is InChI=1S/C37H45N3O8/c41-32(21-40(19-26-5-1-2-6-26)20-27-10-13-33-34(18-27)47-24-46-33)31(39-37(42)48-35-23-45-36-30(35)14-16-43-36)17-25-8-11-29(12-9-25)44-22-28-7-3-4-15-38-28/h3-4,7-13,15,18,26,30-32,35-36,41H,1-2,5-6,14,16-17,19-24H2,(H,39,42). The summed E-state index contributed by atoms with van der Waals surface area (Å²) in [6.45, 7) is 3.39. The van der Waals surface area contributed by atoms with E-state index in [2.05, 4.69) is 21.3 Å². The summed E-state index contributed by atoms with van der Waals surface area (Å²) in [4.78, 5) is 19.9. The van der Waals surface area contributed by atoms with Gasteiger partial charge in [-0.3, -0.25) is 9.88 Å². The Bertz CT molecular complexity index is 1490. The topological polar surface area (TPSA) is 121 Å². The number of aliphatic hydroxyl groups is 1. The van der Waals surface area contributed by atoms with Crippen LogP contribution in [-0.2, 0) is 33.8 Å². The van der Waals surface area contributed by atoms with Gasteiger partial charge in [0.05, 0.1) is 37.0 Å². The Labute approximate surface area is 281 Å². The van der Waals surface area contributed by atoms with Crippen molar-refractivity contribution in [2.24, 2.45) is 11.8 Å². The number of fused-ring (bicyclic) bond motifs is 2. The van der Waals surface area contributed by atoms with Crippen LogP contribution in [0.5, 0.6) is 17.2 Å². The molecule has 256 valence electrons. The minimum Gasteiger partial charge on any atom is -0.487 e. The smallest absolute Gasteiger partial charge is 0.407 e. The largest absolute Gasteiger partial charge is 0.487 e. The molecule has 5 atom stereocenters. The molecule has 4 aliphatic rings. The second kappa shape index (κ2) is 15.5. The number of benzene rings is 2. The van der Waals surface area contributed by atoms with Gasteiger partial charge in [0.15, 0.2) is 17.8 Å². The maximum Gasteiger partial charge on any atom is 0.407 e. The fourth-order valence-electron chi connectivity index (χ4n) is 7.22. The molecule has 1 saturated carbocycles. The Morgan fingerprint density at radius 3 is 2.67 bits per heavy atom. The molecule has 3 fully saturated rings. The number of alkyl carbamates (subject to hydrolysis) is 1. The van der Waals surface area contributed by atoms with Crippen LogP contribution < -0.4 is 19.5 Å². The van der Waals surface area contributed by atoms with Gasteiger partial charge in [-0.05, 0) is 79.1 Å². The van der Waals surface area contributed by atoms with E-state index in [0.717, 1.165) is 47.0 Å². The fourth-order valence-corrected chi connectivity index (χ4v) is 7.22. The van der Waals surface area contributed by atoms with E-state index in [9.17, 15) is 9.90 Å². The van der Waals surface area contributed by atoms with Crippen LogP contribution in [0.15, 0.2) is 66.9 Å². The summed E-state index contributed by atoms with van der Waals surface area (Å²) in [5.41, 5.74) is 2.89. The monoisotopic (exact) mass is 659 g/mol. The molecule has 0 bridgehead atoms. The molecule has 1 aliphatic carbocycles. The predicted molar refractivity (Wildman–Crippen MR) is 176 cm³/mol. The van der Waals surface area contributed by atoms with Gasteiger partial charge in [0.25, 0.3) is 0 Å². The quantitative estimate of drug-likeness (QED) is 0.249. The Kier molecular flexibility index (Phi) is 10.6. The number of nitrogens with zero attached hydrogens (tertiary/aromatic N) is 2. The molecule has 11 nitrogen and oxygen atoms in total. The van der Waals surface area contributed by atoms with Crippen molar-refractivity contribution in [3.05, 3.63) is 83.7 Å². The lowest BCUT2D eigenvalue weighted by molar-refractivity contribution is -0.0907. The number of pyridine rings is 1. The molecule has 2 aromatic carbocycles. The van der Waals surface area contributed by atoms with Crippen molar-refractivity contribution in [2.45, 2.75) is 76.2 Å². The molecule has 1 aromatic heterocycles. The third-order valence-corrected chi connectivity index (χ3v) is 9.78. The molecule has 0 radical (unpaired) electrons. The van der Waals surface area contributed by atoms with Crippen molar-refractivity contribution in [2.75, 3.05) is 33.1 Å². The summed E-state index contributed by atoms with van der Waals surface area (Å²) >= 11 is 0. The molecule has 11 heteroatoms. The summed E-state index contributed by atoms with van der Waals surface area (Å²) in [6, 6.07) is 18.9. The van der Waals surface area contributed by atoms with Gasteiger partial charge < -0.3 is 38.8 Å². The lowest BCUT2D eigenvalue weighted by Gasteiger charge is -2.32.